The number of hydrogen-bond acceptors (Lipinski definition) is 5. The van der Waals surface area contributed by atoms with E-state index in [0.717, 1.165) is 50.7 Å². The number of piperidine rings is 1. The first-order chi connectivity index (χ1) is 13.5. The monoisotopic (exact) mass is 393 g/mol. The number of aliphatic imine (C=N–C) groups is 1. The number of nitrogens with zero attached hydrogens (tertiary/aromatic N) is 5. The van der Waals surface area contributed by atoms with E-state index in [9.17, 15) is 4.79 Å². The van der Waals surface area contributed by atoms with Gasteiger partial charge in [-0.05, 0) is 25.7 Å². The molecule has 2 N–H and O–H groups in total. The fourth-order valence-corrected chi connectivity index (χ4v) is 3.08. The summed E-state index contributed by atoms with van der Waals surface area (Å²) in [5.74, 6) is 2.31. The highest BCUT2D eigenvalue weighted by molar-refractivity contribution is 5.80. The van der Waals surface area contributed by atoms with Crippen molar-refractivity contribution < 1.29 is 9.53 Å². The first-order valence-corrected chi connectivity index (χ1v) is 10.4. The zero-order valence-electron chi connectivity index (χ0n) is 17.6. The number of ether oxygens (including phenoxy) is 1. The lowest BCUT2D eigenvalue weighted by Gasteiger charge is -2.32. The van der Waals surface area contributed by atoms with Gasteiger partial charge in [-0.1, -0.05) is 20.8 Å². The fourth-order valence-electron chi connectivity index (χ4n) is 3.08. The van der Waals surface area contributed by atoms with Crippen LogP contribution in [-0.4, -0.2) is 70.5 Å². The van der Waals surface area contributed by atoms with Crippen molar-refractivity contribution >= 4 is 12.1 Å². The molecule has 9 heteroatoms. The molecular weight excluding hydrogens is 358 g/mol. The summed E-state index contributed by atoms with van der Waals surface area (Å²) in [6.07, 6.45) is 4.18. The molecule has 2 rings (SSSR count). The fraction of sp³-hybridized carbons (Fsp3) is 0.789. The average Bonchev–Trinajstić information content (AvgIpc) is 3.14. The largest absolute Gasteiger partial charge is 0.450 e. The van der Waals surface area contributed by atoms with Crippen molar-refractivity contribution in [1.82, 2.24) is 30.3 Å². The Hall–Kier alpha value is -2.32. The molecule has 0 atom stereocenters. The molecule has 1 fully saturated rings. The summed E-state index contributed by atoms with van der Waals surface area (Å²) in [5, 5.41) is 15.0. The second-order valence-electron chi connectivity index (χ2n) is 7.41. The van der Waals surface area contributed by atoms with E-state index in [0.29, 0.717) is 31.7 Å². The van der Waals surface area contributed by atoms with Gasteiger partial charge >= 0.3 is 6.09 Å². The summed E-state index contributed by atoms with van der Waals surface area (Å²) in [7, 11) is 0. The molecule has 0 radical (unpaired) electrons. The molecule has 9 nitrogen and oxygen atoms in total. The van der Waals surface area contributed by atoms with Gasteiger partial charge in [0.2, 0.25) is 0 Å². The van der Waals surface area contributed by atoms with Gasteiger partial charge in [-0.3, -0.25) is 4.99 Å². The van der Waals surface area contributed by atoms with Crippen LogP contribution in [0.2, 0.25) is 0 Å². The molecule has 0 spiro atoms. The Morgan fingerprint density at radius 3 is 2.75 bits per heavy atom. The summed E-state index contributed by atoms with van der Waals surface area (Å²) in [4.78, 5) is 18.3. The Morgan fingerprint density at radius 2 is 2.11 bits per heavy atom. The molecule has 0 saturated carbocycles. The van der Waals surface area contributed by atoms with Gasteiger partial charge in [0, 0.05) is 45.2 Å². The number of likely N-dealkylation sites (tertiary alicyclic amines) is 1. The molecule has 1 saturated heterocycles. The van der Waals surface area contributed by atoms with Crippen molar-refractivity contribution in [1.29, 1.82) is 0 Å². The molecule has 1 aromatic rings. The number of guanidine groups is 1. The number of carbonyl (C=O) groups is 1. The van der Waals surface area contributed by atoms with Gasteiger partial charge in [-0.25, -0.2) is 4.79 Å². The highest BCUT2D eigenvalue weighted by Crippen LogP contribution is 2.11. The molecule has 0 bridgehead atoms. The van der Waals surface area contributed by atoms with Crippen molar-refractivity contribution in [2.24, 2.45) is 10.9 Å². The van der Waals surface area contributed by atoms with Gasteiger partial charge in [-0.2, -0.15) is 0 Å². The highest BCUT2D eigenvalue weighted by atomic mass is 16.6. The molecule has 158 valence electrons. The lowest BCUT2D eigenvalue weighted by atomic mass is 10.1. The summed E-state index contributed by atoms with van der Waals surface area (Å²) in [6, 6.07) is 0.296. The number of aryl methyl sites for hydroxylation is 1. The zero-order valence-corrected chi connectivity index (χ0v) is 17.6. The van der Waals surface area contributed by atoms with Gasteiger partial charge in [-0.15, -0.1) is 10.2 Å². The number of carbonyl (C=O) groups excluding carboxylic acids is 1. The van der Waals surface area contributed by atoms with Crippen LogP contribution in [0.5, 0.6) is 0 Å². The number of aromatic nitrogens is 3. The first-order valence-electron chi connectivity index (χ1n) is 10.4. The molecule has 1 aromatic heterocycles. The van der Waals surface area contributed by atoms with Crippen LogP contribution in [0.1, 0.15) is 46.4 Å². The second-order valence-corrected chi connectivity index (χ2v) is 7.41. The Labute approximate surface area is 167 Å². The Bertz CT molecular complexity index is 622. The van der Waals surface area contributed by atoms with Crippen molar-refractivity contribution in [2.45, 2.75) is 59.5 Å². The third-order valence-corrected chi connectivity index (χ3v) is 4.63. The predicted octanol–water partition coefficient (Wildman–Crippen LogP) is 1.65. The van der Waals surface area contributed by atoms with Crippen molar-refractivity contribution in [3.05, 3.63) is 12.2 Å². The normalized spacial score (nSPS) is 15.8. The minimum atomic E-state index is -0.214. The SMILES string of the molecule is CCOC(=O)N1CCC(NC(=NCC(C)C)NCCn2cnnc2CC)CC1. The van der Waals surface area contributed by atoms with Crippen LogP contribution in [0.3, 0.4) is 0 Å². The van der Waals surface area contributed by atoms with E-state index >= 15 is 0 Å². The van der Waals surface area contributed by atoms with Crippen LogP contribution in [0.4, 0.5) is 4.79 Å². The topological polar surface area (TPSA) is 96.7 Å². The van der Waals surface area contributed by atoms with E-state index in [1.807, 2.05) is 6.92 Å². The third kappa shape index (κ3) is 7.01. The molecule has 0 unspecified atom stereocenters. The molecule has 1 amide bonds. The quantitative estimate of drug-likeness (QED) is 0.515. The van der Waals surface area contributed by atoms with Gasteiger partial charge in [0.1, 0.15) is 12.2 Å². The van der Waals surface area contributed by atoms with Crippen LogP contribution < -0.4 is 10.6 Å². The average molecular weight is 394 g/mol. The number of nitrogens with one attached hydrogen (secondary N) is 2. The lowest BCUT2D eigenvalue weighted by Crippen LogP contribution is -2.50. The molecule has 0 aliphatic carbocycles. The first kappa shape index (κ1) is 22.0. The van der Waals surface area contributed by atoms with E-state index in [1.165, 1.54) is 0 Å². The zero-order chi connectivity index (χ0) is 20.4. The van der Waals surface area contributed by atoms with Crippen LogP contribution in [0.25, 0.3) is 0 Å². The molecular formula is C19H35N7O2. The van der Waals surface area contributed by atoms with E-state index in [1.54, 1.807) is 11.2 Å². The number of rotatable bonds is 8. The van der Waals surface area contributed by atoms with Gasteiger partial charge < -0.3 is 24.8 Å². The highest BCUT2D eigenvalue weighted by Gasteiger charge is 2.24. The van der Waals surface area contributed by atoms with Crippen LogP contribution in [-0.2, 0) is 17.7 Å². The molecule has 2 heterocycles. The maximum Gasteiger partial charge on any atom is 0.409 e. The minimum Gasteiger partial charge on any atom is -0.450 e. The van der Waals surface area contributed by atoms with Gasteiger partial charge in [0.15, 0.2) is 5.96 Å². The van der Waals surface area contributed by atoms with Crippen molar-refractivity contribution in [3.63, 3.8) is 0 Å². The summed E-state index contributed by atoms with van der Waals surface area (Å²) >= 11 is 0. The summed E-state index contributed by atoms with van der Waals surface area (Å²) in [5.41, 5.74) is 0. The summed E-state index contributed by atoms with van der Waals surface area (Å²) in [6.45, 7) is 12.3. The maximum absolute atomic E-state index is 11.8. The van der Waals surface area contributed by atoms with E-state index in [4.69, 9.17) is 9.73 Å². The van der Waals surface area contributed by atoms with Crippen LogP contribution in [0, 0.1) is 5.92 Å². The van der Waals surface area contributed by atoms with E-state index < -0.39 is 0 Å². The van der Waals surface area contributed by atoms with Crippen LogP contribution in [0.15, 0.2) is 11.3 Å². The second kappa shape index (κ2) is 11.5. The summed E-state index contributed by atoms with van der Waals surface area (Å²) < 4.78 is 7.15. The number of hydrogen-bond donors (Lipinski definition) is 2. The Balaban J connectivity index is 1.84. The van der Waals surface area contributed by atoms with Crippen LogP contribution >= 0.6 is 0 Å². The molecule has 1 aliphatic rings. The standard InChI is InChI=1S/C19H35N7O2/c1-5-17-24-22-14-26(17)12-9-20-18(21-13-15(3)4)23-16-7-10-25(11-8-16)19(27)28-6-2/h14-16H,5-13H2,1-4H3,(H2,20,21,23). The minimum absolute atomic E-state index is 0.214. The Morgan fingerprint density at radius 1 is 1.36 bits per heavy atom. The predicted molar refractivity (Wildman–Crippen MR) is 109 cm³/mol. The molecule has 0 aromatic carbocycles. The van der Waals surface area contributed by atoms with Gasteiger partial charge in [0.25, 0.3) is 0 Å². The lowest BCUT2D eigenvalue weighted by molar-refractivity contribution is 0.0963. The Kier molecular flexibility index (Phi) is 9.03. The van der Waals surface area contributed by atoms with Crippen molar-refractivity contribution in [2.75, 3.05) is 32.8 Å². The van der Waals surface area contributed by atoms with E-state index in [-0.39, 0.29) is 6.09 Å². The van der Waals surface area contributed by atoms with Crippen molar-refractivity contribution in [3.8, 4) is 0 Å². The number of amides is 1. The van der Waals surface area contributed by atoms with E-state index in [2.05, 4.69) is 46.2 Å². The smallest absolute Gasteiger partial charge is 0.409 e. The third-order valence-electron chi connectivity index (χ3n) is 4.63. The maximum atomic E-state index is 11.8. The van der Waals surface area contributed by atoms with Gasteiger partial charge in [0.05, 0.1) is 6.61 Å². The molecule has 28 heavy (non-hydrogen) atoms. The molecule has 1 aliphatic heterocycles.